The van der Waals surface area contributed by atoms with Crippen molar-refractivity contribution in [1.29, 1.82) is 0 Å². The van der Waals surface area contributed by atoms with E-state index in [0.717, 1.165) is 17.4 Å². The van der Waals surface area contributed by atoms with Crippen LogP contribution < -0.4 is 14.8 Å². The lowest BCUT2D eigenvalue weighted by Gasteiger charge is -2.14. The first-order valence-corrected chi connectivity index (χ1v) is 9.85. The van der Waals surface area contributed by atoms with Crippen molar-refractivity contribution in [2.24, 2.45) is 0 Å². The molecule has 0 aliphatic heterocycles. The fourth-order valence-corrected chi connectivity index (χ4v) is 2.69. The van der Waals surface area contributed by atoms with E-state index in [0.29, 0.717) is 25.4 Å². The normalized spacial score (nSPS) is 12.3. The van der Waals surface area contributed by atoms with E-state index < -0.39 is 10.0 Å². The second-order valence-electron chi connectivity index (χ2n) is 5.97. The van der Waals surface area contributed by atoms with E-state index in [4.69, 9.17) is 4.74 Å². The molecule has 0 spiro atoms. The third-order valence-electron chi connectivity index (χ3n) is 3.52. The van der Waals surface area contributed by atoms with Crippen molar-refractivity contribution in [3.8, 4) is 5.75 Å². The van der Waals surface area contributed by atoms with Gasteiger partial charge in [0.2, 0.25) is 10.0 Å². The van der Waals surface area contributed by atoms with Gasteiger partial charge in [-0.15, -0.1) is 0 Å². The van der Waals surface area contributed by atoms with Gasteiger partial charge in [-0.3, -0.25) is 0 Å². The number of ether oxygens (including phenoxy) is 1. The molecular weight excluding hydrogens is 359 g/mol. The van der Waals surface area contributed by atoms with Gasteiger partial charge in [0.15, 0.2) is 0 Å². The van der Waals surface area contributed by atoms with Crippen molar-refractivity contribution in [1.82, 2.24) is 10.0 Å². The summed E-state index contributed by atoms with van der Waals surface area (Å²) >= 11 is 0. The van der Waals surface area contributed by atoms with E-state index in [-0.39, 0.29) is 17.3 Å². The predicted octanol–water partition coefficient (Wildman–Crippen LogP) is 1.61. The molecule has 4 N–H and O–H groups in total. The average molecular weight is 384 g/mol. The topological polar surface area (TPSA) is 98.9 Å². The van der Waals surface area contributed by atoms with Crippen LogP contribution in [0, 0.1) is 5.82 Å². The molecule has 0 aromatic heterocycles. The van der Waals surface area contributed by atoms with Crippen LogP contribution in [0.25, 0.3) is 0 Å². The van der Waals surface area contributed by atoms with Crippen molar-refractivity contribution in [2.45, 2.75) is 26.1 Å². The van der Waals surface area contributed by atoms with Crippen molar-refractivity contribution in [2.75, 3.05) is 12.8 Å². The molecule has 0 amide bonds. The molecule has 0 heterocycles. The lowest BCUT2D eigenvalue weighted by molar-refractivity contribution is 0.305. The highest BCUT2D eigenvalue weighted by Crippen LogP contribution is 2.14. The number of halogens is 1. The predicted molar refractivity (Wildman–Crippen MR) is 99.9 cm³/mol. The molecule has 0 bridgehead atoms. The number of sulfonamides is 1. The fraction of sp³-hybridized carbons (Fsp3) is 0.333. The second kappa shape index (κ2) is 10.2. The minimum atomic E-state index is -3.17. The van der Waals surface area contributed by atoms with Gasteiger partial charge in [0, 0.05) is 19.1 Å². The Morgan fingerprint density at radius 1 is 1.12 bits per heavy atom. The maximum atomic E-state index is 13.1. The van der Waals surface area contributed by atoms with Gasteiger partial charge >= 0.3 is 0 Å². The number of hydrogen-bond donors (Lipinski definition) is 2. The van der Waals surface area contributed by atoms with Crippen LogP contribution >= 0.6 is 0 Å². The summed E-state index contributed by atoms with van der Waals surface area (Å²) in [6, 6.07) is 13.9. The van der Waals surface area contributed by atoms with Crippen LogP contribution in [0.15, 0.2) is 48.5 Å². The molecule has 6 nitrogen and oxygen atoms in total. The molecule has 0 saturated carbocycles. The third-order valence-corrected chi connectivity index (χ3v) is 4.22. The summed E-state index contributed by atoms with van der Waals surface area (Å²) in [7, 11) is -3.17. The van der Waals surface area contributed by atoms with Crippen LogP contribution in [0.3, 0.4) is 0 Å². The molecule has 2 aromatic carbocycles. The monoisotopic (exact) mass is 384 g/mol. The largest absolute Gasteiger partial charge is 0.489 e. The summed E-state index contributed by atoms with van der Waals surface area (Å²) in [5.41, 5.74) is 1.84. The quantitative estimate of drug-likeness (QED) is 0.686. The average Bonchev–Trinajstić information content (AvgIpc) is 2.57. The van der Waals surface area contributed by atoms with Crippen molar-refractivity contribution in [3.63, 3.8) is 0 Å². The molecule has 0 aliphatic carbocycles. The number of hydrogen-bond acceptors (Lipinski definition) is 4. The van der Waals surface area contributed by atoms with Crippen LogP contribution in [-0.2, 0) is 23.2 Å². The van der Waals surface area contributed by atoms with Crippen molar-refractivity contribution in [3.05, 3.63) is 65.5 Å². The van der Waals surface area contributed by atoms with Crippen LogP contribution in [0.5, 0.6) is 5.75 Å². The Kier molecular flexibility index (Phi) is 8.67. The smallest absolute Gasteiger partial charge is 0.208 e. The van der Waals surface area contributed by atoms with E-state index in [9.17, 15) is 12.8 Å². The van der Waals surface area contributed by atoms with E-state index >= 15 is 0 Å². The SMILES string of the molecule is C[C@@H](CNS(C)(=O)=O)NCc1ccc(OCc2cccc(F)c2)cc1.O. The van der Waals surface area contributed by atoms with E-state index in [1.807, 2.05) is 37.3 Å². The summed E-state index contributed by atoms with van der Waals surface area (Å²) in [5.74, 6) is 0.432. The van der Waals surface area contributed by atoms with Gasteiger partial charge in [-0.2, -0.15) is 0 Å². The van der Waals surface area contributed by atoms with Crippen molar-refractivity contribution >= 4 is 10.0 Å². The Morgan fingerprint density at radius 2 is 1.81 bits per heavy atom. The number of rotatable bonds is 9. The lowest BCUT2D eigenvalue weighted by atomic mass is 10.2. The first kappa shape index (κ1) is 22.0. The molecule has 8 heteroatoms. The maximum absolute atomic E-state index is 13.1. The highest BCUT2D eigenvalue weighted by molar-refractivity contribution is 7.88. The zero-order valence-electron chi connectivity index (χ0n) is 14.8. The van der Waals surface area contributed by atoms with Crippen LogP contribution in [0.4, 0.5) is 4.39 Å². The van der Waals surface area contributed by atoms with E-state index in [1.165, 1.54) is 12.1 Å². The zero-order chi connectivity index (χ0) is 18.3. The Bertz CT molecular complexity index is 782. The molecule has 0 radical (unpaired) electrons. The summed E-state index contributed by atoms with van der Waals surface area (Å²) in [6.45, 7) is 3.18. The standard InChI is InChI=1S/C18H23FN2O3S.H2O/c1-14(11-21-25(2,22)23)20-12-15-6-8-18(9-7-15)24-13-16-4-3-5-17(19)10-16;/h3-10,14,20-21H,11-13H2,1-2H3;1H2/t14-;/m0./s1. The van der Waals surface area contributed by atoms with Gasteiger partial charge in [-0.25, -0.2) is 17.5 Å². The Balaban J connectivity index is 0.00000338. The molecule has 2 aromatic rings. The Morgan fingerprint density at radius 3 is 2.42 bits per heavy atom. The van der Waals surface area contributed by atoms with Crippen LogP contribution in [0.2, 0.25) is 0 Å². The Hall–Kier alpha value is -2.00. The summed E-state index contributed by atoms with van der Waals surface area (Å²) in [6.07, 6.45) is 1.14. The zero-order valence-corrected chi connectivity index (χ0v) is 15.6. The molecule has 1 atom stereocenters. The summed E-state index contributed by atoms with van der Waals surface area (Å²) < 4.78 is 43.3. The second-order valence-corrected chi connectivity index (χ2v) is 7.80. The van der Waals surface area contributed by atoms with Gasteiger partial charge in [0.1, 0.15) is 18.2 Å². The van der Waals surface area contributed by atoms with Gasteiger partial charge in [-0.05, 0) is 42.3 Å². The van der Waals surface area contributed by atoms with Gasteiger partial charge in [-0.1, -0.05) is 24.3 Å². The third kappa shape index (κ3) is 8.39. The molecule has 26 heavy (non-hydrogen) atoms. The minimum Gasteiger partial charge on any atom is -0.489 e. The van der Waals surface area contributed by atoms with Gasteiger partial charge in [0.25, 0.3) is 0 Å². The molecule has 0 fully saturated rings. The van der Waals surface area contributed by atoms with Gasteiger partial charge in [0.05, 0.1) is 6.26 Å². The van der Waals surface area contributed by atoms with E-state index in [1.54, 1.807) is 6.07 Å². The van der Waals surface area contributed by atoms with Crippen molar-refractivity contribution < 1.29 is 23.0 Å². The lowest BCUT2D eigenvalue weighted by Crippen LogP contribution is -2.38. The first-order chi connectivity index (χ1) is 11.8. The number of nitrogens with one attached hydrogen (secondary N) is 2. The molecular formula is C18H25FN2O4S. The van der Waals surface area contributed by atoms with E-state index in [2.05, 4.69) is 10.0 Å². The fourth-order valence-electron chi connectivity index (χ4n) is 2.14. The number of benzene rings is 2. The van der Waals surface area contributed by atoms with Crippen LogP contribution in [0.1, 0.15) is 18.1 Å². The minimum absolute atomic E-state index is 0. The maximum Gasteiger partial charge on any atom is 0.208 e. The molecule has 0 aliphatic rings. The highest BCUT2D eigenvalue weighted by atomic mass is 32.2. The first-order valence-electron chi connectivity index (χ1n) is 7.96. The molecule has 144 valence electrons. The Labute approximate surface area is 153 Å². The molecule has 2 rings (SSSR count). The highest BCUT2D eigenvalue weighted by Gasteiger charge is 2.06. The summed E-state index contributed by atoms with van der Waals surface area (Å²) in [4.78, 5) is 0. The summed E-state index contributed by atoms with van der Waals surface area (Å²) in [5, 5.41) is 3.25. The van der Waals surface area contributed by atoms with Crippen LogP contribution in [-0.4, -0.2) is 32.7 Å². The molecule has 0 saturated heterocycles. The molecule has 0 unspecified atom stereocenters. The van der Waals surface area contributed by atoms with Gasteiger partial charge < -0.3 is 15.5 Å².